The number of aliphatic hydroxyl groups excluding tert-OH is 1. The molecular weight excluding hydrogens is 378 g/mol. The normalized spacial score (nSPS) is 14.4. The summed E-state index contributed by atoms with van der Waals surface area (Å²) < 4.78 is 0. The molecule has 0 unspecified atom stereocenters. The standard InChI is InChI=1S/C24H25N3OS/c1-14(2)17-9-11-19(12-10-17)27-13-20(28)21(23(27)25)24-26-22(16(4)29-24)18-7-5-15(3)6-8-18/h5-12,14,25,28H,13H2,1-4H3. The van der Waals surface area contributed by atoms with Crippen LogP contribution < -0.4 is 4.90 Å². The van der Waals surface area contributed by atoms with Crippen molar-refractivity contribution in [3.05, 3.63) is 75.3 Å². The van der Waals surface area contributed by atoms with E-state index in [1.807, 2.05) is 24.0 Å². The van der Waals surface area contributed by atoms with Gasteiger partial charge in [0.2, 0.25) is 0 Å². The Bertz CT molecular complexity index is 1090. The smallest absolute Gasteiger partial charge is 0.139 e. The number of hydrogen-bond donors (Lipinski definition) is 2. The van der Waals surface area contributed by atoms with E-state index < -0.39 is 0 Å². The molecule has 0 radical (unpaired) electrons. The summed E-state index contributed by atoms with van der Waals surface area (Å²) in [6, 6.07) is 16.5. The molecule has 0 aliphatic carbocycles. The van der Waals surface area contributed by atoms with Crippen LogP contribution >= 0.6 is 11.3 Å². The first-order valence-corrected chi connectivity index (χ1v) is 10.6. The molecule has 2 aromatic carbocycles. The second kappa shape index (κ2) is 7.48. The molecule has 1 aromatic heterocycles. The van der Waals surface area contributed by atoms with Crippen LogP contribution in [0, 0.1) is 19.3 Å². The van der Waals surface area contributed by atoms with Crippen molar-refractivity contribution in [3.63, 3.8) is 0 Å². The Labute approximate surface area is 175 Å². The molecular formula is C24H25N3OS. The minimum absolute atomic E-state index is 0.201. The number of aliphatic hydroxyl groups is 1. The lowest BCUT2D eigenvalue weighted by Gasteiger charge is -2.19. The summed E-state index contributed by atoms with van der Waals surface area (Å²) in [6.07, 6.45) is 0. The zero-order valence-corrected chi connectivity index (χ0v) is 18.0. The average Bonchev–Trinajstić information content (AvgIpc) is 3.21. The van der Waals surface area contributed by atoms with Crippen LogP contribution in [-0.4, -0.2) is 22.5 Å². The van der Waals surface area contributed by atoms with E-state index in [4.69, 9.17) is 10.4 Å². The van der Waals surface area contributed by atoms with E-state index in [0.717, 1.165) is 21.8 Å². The maximum atomic E-state index is 10.7. The van der Waals surface area contributed by atoms with Gasteiger partial charge < -0.3 is 10.0 Å². The Kier molecular flexibility index (Phi) is 5.01. The monoisotopic (exact) mass is 403 g/mol. The Morgan fingerprint density at radius 3 is 2.31 bits per heavy atom. The van der Waals surface area contributed by atoms with Crippen LogP contribution in [0.1, 0.15) is 40.8 Å². The van der Waals surface area contributed by atoms with Crippen LogP contribution in [0.2, 0.25) is 0 Å². The van der Waals surface area contributed by atoms with Crippen molar-refractivity contribution >= 4 is 28.4 Å². The molecule has 0 spiro atoms. The van der Waals surface area contributed by atoms with Crippen LogP contribution in [0.25, 0.3) is 16.8 Å². The van der Waals surface area contributed by atoms with E-state index in [0.29, 0.717) is 28.9 Å². The number of benzene rings is 2. The van der Waals surface area contributed by atoms with Gasteiger partial charge in [-0.15, -0.1) is 11.3 Å². The first-order chi connectivity index (χ1) is 13.8. The molecule has 0 saturated heterocycles. The number of nitrogens with zero attached hydrogens (tertiary/aromatic N) is 2. The van der Waals surface area contributed by atoms with Gasteiger partial charge in [-0.25, -0.2) is 4.98 Å². The van der Waals surface area contributed by atoms with Gasteiger partial charge in [0.15, 0.2) is 0 Å². The van der Waals surface area contributed by atoms with Crippen LogP contribution in [0.4, 0.5) is 5.69 Å². The third kappa shape index (κ3) is 3.58. The second-order valence-electron chi connectivity index (χ2n) is 7.79. The van der Waals surface area contributed by atoms with E-state index in [1.165, 1.54) is 22.5 Å². The van der Waals surface area contributed by atoms with Gasteiger partial charge >= 0.3 is 0 Å². The molecule has 1 aliphatic rings. The lowest BCUT2D eigenvalue weighted by molar-refractivity contribution is 0.411. The minimum Gasteiger partial charge on any atom is -0.510 e. The van der Waals surface area contributed by atoms with Crippen LogP contribution in [0.5, 0.6) is 0 Å². The highest BCUT2D eigenvalue weighted by atomic mass is 32.1. The molecule has 0 fully saturated rings. The fraction of sp³-hybridized carbons (Fsp3) is 0.250. The number of amidine groups is 1. The number of rotatable bonds is 4. The first-order valence-electron chi connectivity index (χ1n) is 9.78. The highest BCUT2D eigenvalue weighted by Gasteiger charge is 2.31. The zero-order valence-electron chi connectivity index (χ0n) is 17.2. The molecule has 2 N–H and O–H groups in total. The number of aromatic nitrogens is 1. The van der Waals surface area contributed by atoms with E-state index in [-0.39, 0.29) is 5.76 Å². The number of thiazole rings is 1. The topological polar surface area (TPSA) is 60.2 Å². The van der Waals surface area contributed by atoms with Crippen molar-refractivity contribution in [1.82, 2.24) is 4.98 Å². The van der Waals surface area contributed by atoms with Gasteiger partial charge in [-0.2, -0.15) is 0 Å². The molecule has 1 aliphatic heterocycles. The summed E-state index contributed by atoms with van der Waals surface area (Å²) >= 11 is 1.53. The average molecular weight is 404 g/mol. The fourth-order valence-electron chi connectivity index (χ4n) is 3.55. The molecule has 0 amide bonds. The van der Waals surface area contributed by atoms with Crippen LogP contribution in [0.15, 0.2) is 54.3 Å². The predicted molar refractivity (Wildman–Crippen MR) is 122 cm³/mol. The first kappa shape index (κ1) is 19.4. The lowest BCUT2D eigenvalue weighted by Crippen LogP contribution is -2.26. The predicted octanol–water partition coefficient (Wildman–Crippen LogP) is 6.32. The largest absolute Gasteiger partial charge is 0.510 e. The van der Waals surface area contributed by atoms with Crippen molar-refractivity contribution in [3.8, 4) is 11.3 Å². The zero-order chi connectivity index (χ0) is 20.7. The maximum absolute atomic E-state index is 10.7. The van der Waals surface area contributed by atoms with Gasteiger partial charge in [0.05, 0.1) is 17.8 Å². The molecule has 0 bridgehead atoms. The maximum Gasteiger partial charge on any atom is 0.139 e. The summed E-state index contributed by atoms with van der Waals surface area (Å²) in [5.41, 5.74) is 5.88. The molecule has 29 heavy (non-hydrogen) atoms. The summed E-state index contributed by atoms with van der Waals surface area (Å²) in [4.78, 5) is 7.70. The Balaban J connectivity index is 1.64. The van der Waals surface area contributed by atoms with Crippen molar-refractivity contribution in [2.45, 2.75) is 33.6 Å². The van der Waals surface area contributed by atoms with Crippen molar-refractivity contribution in [1.29, 1.82) is 5.41 Å². The van der Waals surface area contributed by atoms with Gasteiger partial charge in [0, 0.05) is 16.1 Å². The molecule has 0 saturated carbocycles. The van der Waals surface area contributed by atoms with Crippen molar-refractivity contribution in [2.75, 3.05) is 11.4 Å². The molecule has 3 aromatic rings. The highest BCUT2D eigenvalue weighted by Crippen LogP contribution is 2.37. The van der Waals surface area contributed by atoms with Gasteiger partial charge in [0.25, 0.3) is 0 Å². The Morgan fingerprint density at radius 2 is 1.69 bits per heavy atom. The SMILES string of the molecule is Cc1ccc(-c2nc(C3=C(O)CN(c4ccc(C(C)C)cc4)C3=N)sc2C)cc1. The van der Waals surface area contributed by atoms with E-state index in [2.05, 4.69) is 57.2 Å². The Hall–Kier alpha value is -2.92. The van der Waals surface area contributed by atoms with Gasteiger partial charge in [-0.1, -0.05) is 55.8 Å². The summed E-state index contributed by atoms with van der Waals surface area (Å²) in [5.74, 6) is 0.957. The van der Waals surface area contributed by atoms with Gasteiger partial charge in [-0.3, -0.25) is 5.41 Å². The van der Waals surface area contributed by atoms with Crippen molar-refractivity contribution < 1.29 is 5.11 Å². The number of nitrogens with one attached hydrogen (secondary N) is 1. The number of hydrogen-bond acceptors (Lipinski definition) is 4. The third-order valence-electron chi connectivity index (χ3n) is 5.31. The summed E-state index contributed by atoms with van der Waals surface area (Å²) in [6.45, 7) is 8.72. The summed E-state index contributed by atoms with van der Waals surface area (Å²) in [5, 5.41) is 20.0. The van der Waals surface area contributed by atoms with E-state index in [9.17, 15) is 5.11 Å². The van der Waals surface area contributed by atoms with Crippen molar-refractivity contribution in [2.24, 2.45) is 0 Å². The summed E-state index contributed by atoms with van der Waals surface area (Å²) in [7, 11) is 0. The van der Waals surface area contributed by atoms with E-state index in [1.54, 1.807) is 0 Å². The van der Waals surface area contributed by atoms with Crippen LogP contribution in [-0.2, 0) is 0 Å². The minimum atomic E-state index is 0.201. The molecule has 0 atom stereocenters. The molecule has 148 valence electrons. The Morgan fingerprint density at radius 1 is 1.03 bits per heavy atom. The molecule has 2 heterocycles. The highest BCUT2D eigenvalue weighted by molar-refractivity contribution is 7.13. The quantitative estimate of drug-likeness (QED) is 0.536. The number of anilines is 1. The van der Waals surface area contributed by atoms with E-state index >= 15 is 0 Å². The number of aryl methyl sites for hydroxylation is 2. The molecule has 4 rings (SSSR count). The molecule has 4 nitrogen and oxygen atoms in total. The van der Waals surface area contributed by atoms with Gasteiger partial charge in [0.1, 0.15) is 16.6 Å². The van der Waals surface area contributed by atoms with Crippen LogP contribution in [0.3, 0.4) is 0 Å². The third-order valence-corrected chi connectivity index (χ3v) is 6.30. The van der Waals surface area contributed by atoms with Gasteiger partial charge in [-0.05, 0) is 37.5 Å². The lowest BCUT2D eigenvalue weighted by atomic mass is 10.0. The second-order valence-corrected chi connectivity index (χ2v) is 9.00. The fourth-order valence-corrected chi connectivity index (χ4v) is 4.55. The molecule has 5 heteroatoms.